The molecule has 2 saturated carbocycles. The molecule has 0 radical (unpaired) electrons. The summed E-state index contributed by atoms with van der Waals surface area (Å²) in [5.74, 6) is -0.0974. The molecule has 2 fully saturated rings. The van der Waals surface area contributed by atoms with Gasteiger partial charge in [0, 0.05) is 11.5 Å². The Bertz CT molecular complexity index is 2270. The summed E-state index contributed by atoms with van der Waals surface area (Å²) in [5.41, 5.74) is 3.46. The molecule has 2 aliphatic carbocycles. The monoisotopic (exact) mass is 846 g/mol. The summed E-state index contributed by atoms with van der Waals surface area (Å²) in [6, 6.07) is 37.4. The highest BCUT2D eigenvalue weighted by molar-refractivity contribution is 7.98. The average molecular weight is 847 g/mol. The predicted octanol–water partition coefficient (Wildman–Crippen LogP) is 10.6. The normalized spacial score (nSPS) is 20.5. The average Bonchev–Trinajstić information content (AvgIpc) is 3.71. The molecule has 0 amide bonds. The second-order valence-electron chi connectivity index (χ2n) is 14.0. The van der Waals surface area contributed by atoms with Gasteiger partial charge in [0.2, 0.25) is 0 Å². The molecule has 0 saturated heterocycles. The van der Waals surface area contributed by atoms with Crippen LogP contribution in [0.25, 0.3) is 11.2 Å². The van der Waals surface area contributed by atoms with Crippen LogP contribution in [-0.2, 0) is 62.7 Å². The molecule has 6 aromatic rings. The number of thioether (sulfide) groups is 1. The van der Waals surface area contributed by atoms with E-state index in [4.69, 9.17) is 43.7 Å². The molecule has 2 aliphatic rings. The molecular weight excluding hydrogens is 806 g/mol. The van der Waals surface area contributed by atoms with Gasteiger partial charge < -0.3 is 4.57 Å². The minimum absolute atomic E-state index is 0.001000. The quantitative estimate of drug-likeness (QED) is 0.0332. The fourth-order valence-corrected chi connectivity index (χ4v) is 10.5. The number of imidazole rings is 1. The lowest BCUT2D eigenvalue weighted by Gasteiger charge is -2.29. The van der Waals surface area contributed by atoms with Crippen molar-refractivity contribution in [2.75, 3.05) is 12.9 Å². The van der Waals surface area contributed by atoms with Gasteiger partial charge in [0.1, 0.15) is 5.52 Å². The first-order valence-electron chi connectivity index (χ1n) is 18.5. The Morgan fingerprint density at radius 3 is 1.65 bits per heavy atom. The number of halogens is 1. The summed E-state index contributed by atoms with van der Waals surface area (Å²) in [4.78, 5) is 13.7. The summed E-state index contributed by atoms with van der Waals surface area (Å²) in [5, 5.41) is 0.755. The Morgan fingerprint density at radius 1 is 0.702 bits per heavy atom. The van der Waals surface area contributed by atoms with Gasteiger partial charge >= 0.3 is 15.6 Å². The molecule has 0 N–H and O–H groups in total. The number of hydrogen-bond donors (Lipinski definition) is 0. The van der Waals surface area contributed by atoms with Gasteiger partial charge in [0.15, 0.2) is 16.0 Å². The largest absolute Gasteiger partial charge is 0.475 e. The molecule has 0 spiro atoms. The highest BCUT2D eigenvalue weighted by Gasteiger charge is 2.70. The number of nitrogens with zero attached hydrogens (tertiary/aromatic N) is 4. The first-order chi connectivity index (χ1) is 27.7. The summed E-state index contributed by atoms with van der Waals surface area (Å²) in [7, 11) is -8.44. The molecule has 0 unspecified atom stereocenters. The molecule has 0 aliphatic heterocycles. The van der Waals surface area contributed by atoms with E-state index >= 15 is 0 Å². The number of rotatable bonds is 19. The highest BCUT2D eigenvalue weighted by atomic mass is 35.5. The first-order valence-corrected chi connectivity index (χ1v) is 23.0. The standard InChI is InChI=1S/C41H41ClN4O8P2S/c1-57-40-44-38(42)37-39(45-40)46(29-43-37)35-22-36(54-56(48,51-26-32-18-10-4-11-19-32)52-27-33-20-12-5-13-21-33)41(23-34(35)41)28-53-55(47,49-24-30-14-6-2-7-15-30)50-25-31-16-8-3-9-17-31/h2-21,29,34-36H,22-28H2,1H3/t34-,35+,36+,41-/m1/s1. The van der Waals surface area contributed by atoms with Crippen LogP contribution < -0.4 is 0 Å². The van der Waals surface area contributed by atoms with Crippen LogP contribution in [0, 0.1) is 11.3 Å². The molecule has 4 atom stereocenters. The first kappa shape index (κ1) is 40.1. The number of phosphoric ester groups is 2. The Morgan fingerprint density at radius 2 is 1.18 bits per heavy atom. The predicted molar refractivity (Wildman–Crippen MR) is 217 cm³/mol. The molecular formula is C41H41ClN4O8P2S. The van der Waals surface area contributed by atoms with Crippen molar-refractivity contribution in [3.05, 3.63) is 155 Å². The Labute approximate surface area is 340 Å². The lowest BCUT2D eigenvalue weighted by Crippen LogP contribution is -2.27. The van der Waals surface area contributed by atoms with Crippen molar-refractivity contribution in [2.45, 2.75) is 56.6 Å². The van der Waals surface area contributed by atoms with E-state index in [2.05, 4.69) is 9.97 Å². The molecule has 12 nitrogen and oxygen atoms in total. The van der Waals surface area contributed by atoms with Gasteiger partial charge in [-0.1, -0.05) is 145 Å². The van der Waals surface area contributed by atoms with Crippen LogP contribution in [-0.4, -0.2) is 38.5 Å². The zero-order valence-corrected chi connectivity index (χ0v) is 34.4. The van der Waals surface area contributed by atoms with E-state index in [-0.39, 0.29) is 50.1 Å². The third-order valence-corrected chi connectivity index (χ3v) is 13.9. The maximum Gasteiger partial charge on any atom is 0.475 e. The van der Waals surface area contributed by atoms with Gasteiger partial charge in [0.05, 0.1) is 45.5 Å². The third-order valence-electron chi connectivity index (χ3n) is 10.3. The number of hydrogen-bond acceptors (Lipinski definition) is 12. The second-order valence-corrected chi connectivity index (χ2v) is 18.4. The van der Waals surface area contributed by atoms with Gasteiger partial charge in [-0.05, 0) is 47.3 Å². The number of phosphoric acid groups is 2. The third kappa shape index (κ3) is 9.45. The Balaban J connectivity index is 1.10. The van der Waals surface area contributed by atoms with E-state index in [9.17, 15) is 9.13 Å². The highest BCUT2D eigenvalue weighted by Crippen LogP contribution is 2.72. The van der Waals surface area contributed by atoms with E-state index in [1.165, 1.54) is 11.8 Å². The van der Waals surface area contributed by atoms with Crippen molar-refractivity contribution in [1.29, 1.82) is 0 Å². The maximum atomic E-state index is 14.8. The van der Waals surface area contributed by atoms with Gasteiger partial charge in [-0.2, -0.15) is 0 Å². The van der Waals surface area contributed by atoms with Crippen molar-refractivity contribution in [3.8, 4) is 0 Å². The summed E-state index contributed by atoms with van der Waals surface area (Å²) in [6.45, 7) is -0.104. The topological polar surface area (TPSA) is 133 Å². The lowest BCUT2D eigenvalue weighted by atomic mass is 10.0. The fraction of sp³-hybridized carbons (Fsp3) is 0.293. The second kappa shape index (κ2) is 17.6. The molecule has 0 bridgehead atoms. The fourth-order valence-electron chi connectivity index (χ4n) is 7.25. The minimum atomic E-state index is -4.26. The van der Waals surface area contributed by atoms with Crippen molar-refractivity contribution in [3.63, 3.8) is 0 Å². The van der Waals surface area contributed by atoms with Crippen molar-refractivity contribution in [2.24, 2.45) is 11.3 Å². The van der Waals surface area contributed by atoms with E-state index in [1.54, 1.807) is 6.33 Å². The molecule has 57 heavy (non-hydrogen) atoms. The molecule has 296 valence electrons. The lowest BCUT2D eigenvalue weighted by molar-refractivity contribution is 0.0164. The van der Waals surface area contributed by atoms with Gasteiger partial charge in [-0.3, -0.25) is 27.1 Å². The zero-order chi connectivity index (χ0) is 39.3. The molecule has 8 rings (SSSR count). The van der Waals surface area contributed by atoms with Crippen LogP contribution in [0.4, 0.5) is 0 Å². The number of aromatic nitrogens is 4. The summed E-state index contributed by atoms with van der Waals surface area (Å²) in [6.07, 6.45) is 3.77. The zero-order valence-electron chi connectivity index (χ0n) is 31.0. The smallest absolute Gasteiger partial charge is 0.312 e. The molecule has 2 heterocycles. The van der Waals surface area contributed by atoms with E-state index in [0.717, 1.165) is 22.3 Å². The van der Waals surface area contributed by atoms with Crippen molar-refractivity contribution >= 4 is 50.2 Å². The Kier molecular flexibility index (Phi) is 12.4. The van der Waals surface area contributed by atoms with E-state index < -0.39 is 27.2 Å². The SMILES string of the molecule is CSc1nc(Cl)c2ncn([C@H]3C[C@H](OP(=O)(OCc4ccccc4)OCc4ccccc4)[C@@]4(COP(=O)(OCc5ccccc5)OCc5ccccc5)C[C@H]34)c2n1. The van der Waals surface area contributed by atoms with Crippen molar-refractivity contribution in [1.82, 2.24) is 19.5 Å². The van der Waals surface area contributed by atoms with E-state index in [0.29, 0.717) is 29.2 Å². The maximum absolute atomic E-state index is 14.8. The van der Waals surface area contributed by atoms with Gasteiger partial charge in [-0.25, -0.2) is 24.1 Å². The Hall–Kier alpha value is -3.71. The van der Waals surface area contributed by atoms with Crippen LogP contribution >= 0.6 is 39.0 Å². The molecule has 4 aromatic carbocycles. The van der Waals surface area contributed by atoms with Gasteiger partial charge in [-0.15, -0.1) is 0 Å². The van der Waals surface area contributed by atoms with Crippen LogP contribution in [0.1, 0.15) is 41.1 Å². The summed E-state index contributed by atoms with van der Waals surface area (Å²) >= 11 is 7.93. The van der Waals surface area contributed by atoms with Crippen LogP contribution in [0.3, 0.4) is 0 Å². The van der Waals surface area contributed by atoms with Gasteiger partial charge in [0.25, 0.3) is 0 Å². The number of benzene rings is 4. The molecule has 2 aromatic heterocycles. The number of fused-ring (bicyclic) bond motifs is 2. The van der Waals surface area contributed by atoms with Crippen LogP contribution in [0.2, 0.25) is 5.15 Å². The minimum Gasteiger partial charge on any atom is -0.312 e. The molecule has 16 heteroatoms. The van der Waals surface area contributed by atoms with Crippen LogP contribution in [0.5, 0.6) is 0 Å². The van der Waals surface area contributed by atoms with Crippen molar-refractivity contribution < 1.29 is 36.3 Å². The summed E-state index contributed by atoms with van der Waals surface area (Å²) < 4.78 is 68.3. The van der Waals surface area contributed by atoms with E-state index in [1.807, 2.05) is 132 Å². The van der Waals surface area contributed by atoms with Crippen LogP contribution in [0.15, 0.2) is 133 Å².